The Kier molecular flexibility index (Phi) is 4.89. The number of rotatable bonds is 3. The fourth-order valence-electron chi connectivity index (χ4n) is 0.890. The maximum Gasteiger partial charge on any atom is 0.174 e. The van der Waals surface area contributed by atoms with Crippen LogP contribution in [-0.4, -0.2) is 16.3 Å². The predicted molar refractivity (Wildman–Crippen MR) is 76.3 cm³/mol. The molecule has 15 heavy (non-hydrogen) atoms. The second-order valence-electron chi connectivity index (χ2n) is 4.06. The summed E-state index contributed by atoms with van der Waals surface area (Å²) in [7, 11) is 0. The second kappa shape index (κ2) is 5.34. The maximum atomic E-state index is 11.9. The highest BCUT2D eigenvalue weighted by molar-refractivity contribution is 9.12. The van der Waals surface area contributed by atoms with Gasteiger partial charge in [-0.2, -0.15) is 0 Å². The fraction of sp³-hybridized carbons (Fsp3) is 0.500. The molecule has 0 atom stereocenters. The van der Waals surface area contributed by atoms with E-state index in [1.807, 2.05) is 6.07 Å². The van der Waals surface area contributed by atoms with Crippen molar-refractivity contribution in [2.24, 2.45) is 0 Å². The number of Topliss-reactive ketones (excluding diaryl/α,β-unsaturated/α-hetero) is 1. The highest BCUT2D eigenvalue weighted by Crippen LogP contribution is 2.33. The Bertz CT molecular complexity index is 366. The summed E-state index contributed by atoms with van der Waals surface area (Å²) < 4.78 is 2.03. The van der Waals surface area contributed by atoms with Gasteiger partial charge in [0.2, 0.25) is 0 Å². The smallest absolute Gasteiger partial charge is 0.174 e. The van der Waals surface area contributed by atoms with E-state index < -0.39 is 0 Å². The van der Waals surface area contributed by atoms with E-state index in [1.165, 1.54) is 11.3 Å². The van der Waals surface area contributed by atoms with Crippen molar-refractivity contribution in [3.63, 3.8) is 0 Å². The van der Waals surface area contributed by atoms with Gasteiger partial charge in [0.1, 0.15) is 0 Å². The van der Waals surface area contributed by atoms with Gasteiger partial charge in [0.25, 0.3) is 0 Å². The average molecular weight is 372 g/mol. The van der Waals surface area contributed by atoms with Gasteiger partial charge < -0.3 is 0 Å². The Balaban J connectivity index is 2.66. The first-order chi connectivity index (χ1) is 6.79. The first kappa shape index (κ1) is 13.7. The van der Waals surface area contributed by atoms with E-state index in [2.05, 4.69) is 52.6 Å². The summed E-state index contributed by atoms with van der Waals surface area (Å²) in [5, 5.41) is 0. The zero-order valence-electron chi connectivity index (χ0n) is 8.77. The van der Waals surface area contributed by atoms with E-state index in [0.29, 0.717) is 5.75 Å². The topological polar surface area (TPSA) is 17.1 Å². The van der Waals surface area contributed by atoms with Gasteiger partial charge in [-0.15, -0.1) is 23.1 Å². The van der Waals surface area contributed by atoms with E-state index in [1.54, 1.807) is 11.8 Å². The third kappa shape index (κ3) is 4.59. The van der Waals surface area contributed by atoms with Crippen LogP contribution in [0.2, 0.25) is 0 Å². The lowest BCUT2D eigenvalue weighted by molar-refractivity contribution is 0.102. The van der Waals surface area contributed by atoms with Gasteiger partial charge in [0.15, 0.2) is 5.78 Å². The lowest BCUT2D eigenvalue weighted by Crippen LogP contribution is -2.12. The fourth-order valence-corrected chi connectivity index (χ4v) is 4.47. The van der Waals surface area contributed by atoms with Crippen molar-refractivity contribution >= 4 is 60.7 Å². The standard InChI is InChI=1S/C10H12Br2OS2/c1-10(2,3)14-5-7(13)6-4-8(11)15-9(6)12/h4H,5H2,1-3H3. The van der Waals surface area contributed by atoms with Crippen molar-refractivity contribution in [3.05, 3.63) is 19.2 Å². The molecule has 0 radical (unpaired) electrons. The van der Waals surface area contributed by atoms with Crippen LogP contribution < -0.4 is 0 Å². The molecule has 84 valence electrons. The molecule has 0 aromatic carbocycles. The van der Waals surface area contributed by atoms with Crippen LogP contribution in [0.25, 0.3) is 0 Å². The summed E-state index contributed by atoms with van der Waals surface area (Å²) in [4.78, 5) is 11.9. The largest absolute Gasteiger partial charge is 0.293 e. The zero-order valence-corrected chi connectivity index (χ0v) is 13.6. The monoisotopic (exact) mass is 370 g/mol. The van der Waals surface area contributed by atoms with Gasteiger partial charge in [-0.05, 0) is 37.9 Å². The Morgan fingerprint density at radius 2 is 2.07 bits per heavy atom. The van der Waals surface area contributed by atoms with Gasteiger partial charge in [-0.25, -0.2) is 0 Å². The molecule has 1 rings (SSSR count). The van der Waals surface area contributed by atoms with E-state index in [4.69, 9.17) is 0 Å². The molecule has 1 heterocycles. The minimum Gasteiger partial charge on any atom is -0.293 e. The molecule has 0 saturated carbocycles. The molecule has 5 heteroatoms. The summed E-state index contributed by atoms with van der Waals surface area (Å²) >= 11 is 9.98. The third-order valence-electron chi connectivity index (χ3n) is 1.59. The molecule has 0 amide bonds. The second-order valence-corrected chi connectivity index (χ2v) is 9.61. The SMILES string of the molecule is CC(C)(C)SCC(=O)c1cc(Br)sc1Br. The molecular formula is C10H12Br2OS2. The zero-order chi connectivity index (χ0) is 11.6. The Morgan fingerprint density at radius 3 is 2.47 bits per heavy atom. The number of ketones is 1. The van der Waals surface area contributed by atoms with Crippen LogP contribution >= 0.6 is 55.0 Å². The highest BCUT2D eigenvalue weighted by Gasteiger charge is 2.17. The number of hydrogen-bond donors (Lipinski definition) is 0. The first-order valence-electron chi connectivity index (χ1n) is 4.41. The van der Waals surface area contributed by atoms with Crippen LogP contribution in [0.3, 0.4) is 0 Å². The van der Waals surface area contributed by atoms with E-state index >= 15 is 0 Å². The number of halogens is 2. The molecule has 0 aliphatic heterocycles. The van der Waals surface area contributed by atoms with Crippen LogP contribution in [0.1, 0.15) is 31.1 Å². The van der Waals surface area contributed by atoms with Crippen LogP contribution in [0.4, 0.5) is 0 Å². The third-order valence-corrected chi connectivity index (χ3v) is 5.21. The quantitative estimate of drug-likeness (QED) is 0.696. The van der Waals surface area contributed by atoms with Crippen molar-refractivity contribution in [3.8, 4) is 0 Å². The summed E-state index contributed by atoms with van der Waals surface area (Å²) in [6.45, 7) is 6.34. The Morgan fingerprint density at radius 1 is 1.47 bits per heavy atom. The van der Waals surface area contributed by atoms with Gasteiger partial charge in [-0.3, -0.25) is 4.79 Å². The van der Waals surface area contributed by atoms with Crippen molar-refractivity contribution in [2.75, 3.05) is 5.75 Å². The summed E-state index contributed by atoms with van der Waals surface area (Å²) in [5.41, 5.74) is 0.781. The predicted octanol–water partition coefficient (Wildman–Crippen LogP) is 4.99. The van der Waals surface area contributed by atoms with E-state index in [9.17, 15) is 4.79 Å². The molecule has 1 nitrogen and oxygen atoms in total. The highest BCUT2D eigenvalue weighted by atomic mass is 79.9. The molecule has 0 aliphatic rings. The van der Waals surface area contributed by atoms with Crippen LogP contribution in [0.15, 0.2) is 13.6 Å². The lowest BCUT2D eigenvalue weighted by Gasteiger charge is -2.16. The van der Waals surface area contributed by atoms with Crippen LogP contribution in [-0.2, 0) is 0 Å². The summed E-state index contributed by atoms with van der Waals surface area (Å²) in [5.74, 6) is 0.717. The molecule has 0 unspecified atom stereocenters. The molecule has 0 fully saturated rings. The first-order valence-corrected chi connectivity index (χ1v) is 7.80. The van der Waals surface area contributed by atoms with Gasteiger partial charge in [0.05, 0.1) is 13.3 Å². The van der Waals surface area contributed by atoms with E-state index in [0.717, 1.165) is 13.1 Å². The molecule has 0 N–H and O–H groups in total. The molecule has 1 aromatic rings. The average Bonchev–Trinajstić information content (AvgIpc) is 2.40. The number of hydrogen-bond acceptors (Lipinski definition) is 3. The Labute approximate surface area is 115 Å². The van der Waals surface area contributed by atoms with Gasteiger partial charge in [0, 0.05) is 10.3 Å². The van der Waals surface area contributed by atoms with E-state index in [-0.39, 0.29) is 10.5 Å². The van der Waals surface area contributed by atoms with Crippen molar-refractivity contribution in [1.29, 1.82) is 0 Å². The lowest BCUT2D eigenvalue weighted by atomic mass is 10.2. The summed E-state index contributed by atoms with van der Waals surface area (Å²) in [6, 6.07) is 1.88. The summed E-state index contributed by atoms with van der Waals surface area (Å²) in [6.07, 6.45) is 0. The number of thiophene rings is 1. The molecule has 0 aliphatic carbocycles. The molecular weight excluding hydrogens is 360 g/mol. The number of carbonyl (C=O) groups excluding carboxylic acids is 1. The van der Waals surface area contributed by atoms with Gasteiger partial charge in [-0.1, -0.05) is 20.8 Å². The number of thioether (sulfide) groups is 1. The minimum absolute atomic E-state index is 0.134. The molecule has 0 bridgehead atoms. The Hall–Kier alpha value is 0.680. The molecule has 0 saturated heterocycles. The van der Waals surface area contributed by atoms with Crippen LogP contribution in [0, 0.1) is 0 Å². The van der Waals surface area contributed by atoms with Crippen molar-refractivity contribution in [1.82, 2.24) is 0 Å². The minimum atomic E-state index is 0.134. The normalized spacial score (nSPS) is 11.8. The van der Waals surface area contributed by atoms with Crippen LogP contribution in [0.5, 0.6) is 0 Å². The molecule has 1 aromatic heterocycles. The molecule has 0 spiro atoms. The van der Waals surface area contributed by atoms with Crippen molar-refractivity contribution in [2.45, 2.75) is 25.5 Å². The number of carbonyl (C=O) groups is 1. The van der Waals surface area contributed by atoms with Gasteiger partial charge >= 0.3 is 0 Å². The maximum absolute atomic E-state index is 11.9. The van der Waals surface area contributed by atoms with Crippen molar-refractivity contribution < 1.29 is 4.79 Å².